The number of methoxy groups -OCH3 is 1. The molecule has 1 unspecified atom stereocenters. The molecule has 1 aliphatic rings. The van der Waals surface area contributed by atoms with Crippen LogP contribution in [0.1, 0.15) is 18.0 Å². The van der Waals surface area contributed by atoms with Crippen LogP contribution in [0.15, 0.2) is 30.3 Å². The van der Waals surface area contributed by atoms with Gasteiger partial charge in [0.1, 0.15) is 0 Å². The first-order valence-electron chi connectivity index (χ1n) is 8.66. The number of benzene rings is 1. The molecule has 1 aromatic carbocycles. The lowest BCUT2D eigenvalue weighted by atomic mass is 10.0. The Morgan fingerprint density at radius 3 is 2.52 bits per heavy atom. The fraction of sp³-hybridized carbons (Fsp3) is 0.556. The largest absolute Gasteiger partial charge is 0.383 e. The summed E-state index contributed by atoms with van der Waals surface area (Å²) in [7, 11) is 1.60. The number of ether oxygens (including phenoxy) is 1. The van der Waals surface area contributed by atoms with Crippen molar-refractivity contribution in [2.75, 3.05) is 53.0 Å². The molecule has 0 radical (unpaired) electrons. The monoisotopic (exact) mass is 348 g/mol. The number of nitrogens with zero attached hydrogens (tertiary/aromatic N) is 2. The van der Waals surface area contributed by atoms with E-state index < -0.39 is 0 Å². The summed E-state index contributed by atoms with van der Waals surface area (Å²) in [6, 6.07) is 9.39. The number of carbonyl (C=O) groups is 2. The number of hydrogen-bond acceptors (Lipinski definition) is 5. The highest BCUT2D eigenvalue weighted by Crippen LogP contribution is 2.15. The number of nitrogens with two attached hydrogens (primary N) is 1. The van der Waals surface area contributed by atoms with Gasteiger partial charge in [0.05, 0.1) is 13.2 Å². The van der Waals surface area contributed by atoms with Gasteiger partial charge in [-0.05, 0) is 5.56 Å². The van der Waals surface area contributed by atoms with Gasteiger partial charge in [0.25, 0.3) is 0 Å². The van der Waals surface area contributed by atoms with Gasteiger partial charge in [-0.3, -0.25) is 14.5 Å². The molecule has 0 saturated carbocycles. The average molecular weight is 348 g/mol. The lowest BCUT2D eigenvalue weighted by Gasteiger charge is -2.34. The highest BCUT2D eigenvalue weighted by molar-refractivity contribution is 5.78. The van der Waals surface area contributed by atoms with E-state index in [1.807, 2.05) is 35.2 Å². The molecule has 1 saturated heterocycles. The Labute approximate surface area is 149 Å². The van der Waals surface area contributed by atoms with Crippen molar-refractivity contribution < 1.29 is 14.3 Å². The lowest BCUT2D eigenvalue weighted by Crippen LogP contribution is -2.51. The van der Waals surface area contributed by atoms with E-state index in [4.69, 9.17) is 10.5 Å². The number of hydrogen-bond donors (Lipinski definition) is 2. The predicted molar refractivity (Wildman–Crippen MR) is 95.9 cm³/mol. The molecule has 138 valence electrons. The van der Waals surface area contributed by atoms with Gasteiger partial charge in [0.2, 0.25) is 11.8 Å². The fourth-order valence-corrected chi connectivity index (χ4v) is 2.84. The Hall–Kier alpha value is -1.96. The maximum Gasteiger partial charge on any atom is 0.234 e. The zero-order valence-electron chi connectivity index (χ0n) is 14.8. The van der Waals surface area contributed by atoms with Crippen LogP contribution in [0, 0.1) is 0 Å². The standard InChI is InChI=1S/C18H28N4O3/c1-25-12-7-20-17(23)14-21-8-10-22(11-9-21)18(24)13-16(19)15-5-3-2-4-6-15/h2-6,16H,7-14,19H2,1H3,(H,20,23). The van der Waals surface area contributed by atoms with Crippen molar-refractivity contribution in [1.29, 1.82) is 0 Å². The Kier molecular flexibility index (Phi) is 7.84. The maximum atomic E-state index is 12.4. The van der Waals surface area contributed by atoms with E-state index in [9.17, 15) is 9.59 Å². The summed E-state index contributed by atoms with van der Waals surface area (Å²) >= 11 is 0. The van der Waals surface area contributed by atoms with E-state index in [1.165, 1.54) is 0 Å². The van der Waals surface area contributed by atoms with Crippen LogP contribution in [-0.2, 0) is 14.3 Å². The van der Waals surface area contributed by atoms with E-state index in [0.29, 0.717) is 52.3 Å². The fourth-order valence-electron chi connectivity index (χ4n) is 2.84. The van der Waals surface area contributed by atoms with Gasteiger partial charge < -0.3 is 20.7 Å². The topological polar surface area (TPSA) is 87.9 Å². The molecular formula is C18H28N4O3. The minimum Gasteiger partial charge on any atom is -0.383 e. The first kappa shape index (κ1) is 19.4. The Morgan fingerprint density at radius 2 is 1.88 bits per heavy atom. The van der Waals surface area contributed by atoms with E-state index in [1.54, 1.807) is 7.11 Å². The number of piperazine rings is 1. The first-order chi connectivity index (χ1) is 12.1. The van der Waals surface area contributed by atoms with Gasteiger partial charge in [-0.25, -0.2) is 0 Å². The highest BCUT2D eigenvalue weighted by Gasteiger charge is 2.23. The summed E-state index contributed by atoms with van der Waals surface area (Å²) in [5, 5.41) is 2.81. The van der Waals surface area contributed by atoms with Crippen molar-refractivity contribution in [1.82, 2.24) is 15.1 Å². The molecule has 7 heteroatoms. The normalized spacial score (nSPS) is 16.5. The molecule has 2 rings (SSSR count). The molecule has 1 fully saturated rings. The molecule has 2 amide bonds. The third-order valence-electron chi connectivity index (χ3n) is 4.34. The third-order valence-corrected chi connectivity index (χ3v) is 4.34. The Bertz CT molecular complexity index is 545. The van der Waals surface area contributed by atoms with Gasteiger partial charge in [0, 0.05) is 52.3 Å². The third kappa shape index (κ3) is 6.45. The Balaban J connectivity index is 1.70. The van der Waals surface area contributed by atoms with E-state index in [0.717, 1.165) is 5.56 Å². The van der Waals surface area contributed by atoms with Gasteiger partial charge >= 0.3 is 0 Å². The second-order valence-electron chi connectivity index (χ2n) is 6.22. The number of nitrogens with one attached hydrogen (secondary N) is 1. The summed E-state index contributed by atoms with van der Waals surface area (Å²) in [6.45, 7) is 4.04. The molecule has 3 N–H and O–H groups in total. The van der Waals surface area contributed by atoms with Crippen LogP contribution in [0.2, 0.25) is 0 Å². The van der Waals surface area contributed by atoms with Crippen LogP contribution in [-0.4, -0.2) is 74.6 Å². The van der Waals surface area contributed by atoms with Crippen LogP contribution in [0.4, 0.5) is 0 Å². The van der Waals surface area contributed by atoms with Crippen LogP contribution < -0.4 is 11.1 Å². The summed E-state index contributed by atoms with van der Waals surface area (Å²) in [5.74, 6) is 0.0588. The average Bonchev–Trinajstić information content (AvgIpc) is 2.63. The molecule has 25 heavy (non-hydrogen) atoms. The molecule has 0 aromatic heterocycles. The lowest BCUT2D eigenvalue weighted by molar-refractivity contribution is -0.133. The van der Waals surface area contributed by atoms with Crippen molar-refractivity contribution in [3.63, 3.8) is 0 Å². The molecule has 7 nitrogen and oxygen atoms in total. The number of carbonyl (C=O) groups excluding carboxylic acids is 2. The van der Waals surface area contributed by atoms with Crippen LogP contribution >= 0.6 is 0 Å². The molecular weight excluding hydrogens is 320 g/mol. The zero-order chi connectivity index (χ0) is 18.1. The van der Waals surface area contributed by atoms with Crippen LogP contribution in [0.3, 0.4) is 0 Å². The van der Waals surface area contributed by atoms with E-state index in [-0.39, 0.29) is 17.9 Å². The van der Waals surface area contributed by atoms with Crippen molar-refractivity contribution in [2.24, 2.45) is 5.73 Å². The summed E-state index contributed by atoms with van der Waals surface area (Å²) in [6.07, 6.45) is 0.307. The van der Waals surface area contributed by atoms with Crippen LogP contribution in [0.5, 0.6) is 0 Å². The second-order valence-corrected chi connectivity index (χ2v) is 6.22. The van der Waals surface area contributed by atoms with Gasteiger partial charge in [0.15, 0.2) is 0 Å². The van der Waals surface area contributed by atoms with E-state index in [2.05, 4.69) is 10.2 Å². The molecule has 0 bridgehead atoms. The van der Waals surface area contributed by atoms with Crippen molar-refractivity contribution in [2.45, 2.75) is 12.5 Å². The maximum absolute atomic E-state index is 12.4. The summed E-state index contributed by atoms with van der Waals surface area (Å²) in [4.78, 5) is 28.1. The highest BCUT2D eigenvalue weighted by atomic mass is 16.5. The van der Waals surface area contributed by atoms with Gasteiger partial charge in [-0.15, -0.1) is 0 Å². The van der Waals surface area contributed by atoms with Gasteiger partial charge in [-0.1, -0.05) is 30.3 Å². The van der Waals surface area contributed by atoms with Crippen molar-refractivity contribution in [3.05, 3.63) is 35.9 Å². The van der Waals surface area contributed by atoms with Crippen molar-refractivity contribution in [3.8, 4) is 0 Å². The SMILES string of the molecule is COCCNC(=O)CN1CCN(C(=O)CC(N)c2ccccc2)CC1. The first-order valence-corrected chi connectivity index (χ1v) is 8.66. The molecule has 0 spiro atoms. The van der Waals surface area contributed by atoms with Crippen LogP contribution in [0.25, 0.3) is 0 Å². The summed E-state index contributed by atoms with van der Waals surface area (Å²) in [5.41, 5.74) is 7.11. The minimum atomic E-state index is -0.279. The second kappa shape index (κ2) is 10.1. The number of rotatable bonds is 8. The molecule has 1 atom stereocenters. The van der Waals surface area contributed by atoms with Gasteiger partial charge in [-0.2, -0.15) is 0 Å². The molecule has 0 aliphatic carbocycles. The molecule has 1 heterocycles. The smallest absolute Gasteiger partial charge is 0.234 e. The quantitative estimate of drug-likeness (QED) is 0.645. The Morgan fingerprint density at radius 1 is 1.20 bits per heavy atom. The minimum absolute atomic E-state index is 0.0112. The zero-order valence-corrected chi connectivity index (χ0v) is 14.8. The molecule has 1 aromatic rings. The molecule has 1 aliphatic heterocycles. The van der Waals surface area contributed by atoms with E-state index >= 15 is 0 Å². The predicted octanol–water partition coefficient (Wildman–Crippen LogP) is -0.0167. The van der Waals surface area contributed by atoms with Crippen molar-refractivity contribution >= 4 is 11.8 Å². The summed E-state index contributed by atoms with van der Waals surface area (Å²) < 4.78 is 4.90. The number of amides is 2.